The van der Waals surface area contributed by atoms with Crippen molar-refractivity contribution in [3.05, 3.63) is 40.2 Å². The summed E-state index contributed by atoms with van der Waals surface area (Å²) in [5.74, 6) is -0.478. The van der Waals surface area contributed by atoms with Gasteiger partial charge in [-0.25, -0.2) is 9.64 Å². The summed E-state index contributed by atoms with van der Waals surface area (Å²) < 4.78 is 5.18. The predicted molar refractivity (Wildman–Crippen MR) is 62.9 cm³/mol. The van der Waals surface area contributed by atoms with Crippen LogP contribution in [0.3, 0.4) is 0 Å². The van der Waals surface area contributed by atoms with Crippen LogP contribution < -0.4 is 0 Å². The summed E-state index contributed by atoms with van der Waals surface area (Å²) in [5.41, 5.74) is 0.125. The molecule has 0 aliphatic heterocycles. The highest BCUT2D eigenvalue weighted by Gasteiger charge is 2.19. The van der Waals surface area contributed by atoms with Crippen molar-refractivity contribution in [1.82, 2.24) is 0 Å². The molecule has 0 heterocycles. The minimum absolute atomic E-state index is 0.239. The number of carbonyl (C=O) groups excluding carboxylic acids is 1. The Kier molecular flexibility index (Phi) is 3.56. The van der Waals surface area contributed by atoms with Crippen LogP contribution >= 0.6 is 11.6 Å². The van der Waals surface area contributed by atoms with Crippen LogP contribution in [0.5, 0.6) is 0 Å². The summed E-state index contributed by atoms with van der Waals surface area (Å²) in [7, 11) is 0. The molecule has 0 aromatic heterocycles. The number of nitrogens with zero attached hydrogens (tertiary/aromatic N) is 1. The first-order chi connectivity index (χ1) is 7.33. The minimum Gasteiger partial charge on any atom is -0.456 e. The molecule has 0 radical (unpaired) electrons. The number of hydrogen-bond acceptors (Lipinski definition) is 2. The fourth-order valence-corrected chi connectivity index (χ4v) is 1.32. The molecule has 16 heavy (non-hydrogen) atoms. The monoisotopic (exact) mass is 237 g/mol. The van der Waals surface area contributed by atoms with Gasteiger partial charge in [0.2, 0.25) is 0 Å². The first-order valence-corrected chi connectivity index (χ1v) is 5.11. The van der Waals surface area contributed by atoms with Gasteiger partial charge in [0, 0.05) is 5.02 Å². The maximum Gasteiger partial charge on any atom is 0.340 e. The third-order valence-electron chi connectivity index (χ3n) is 1.70. The molecule has 3 nitrogen and oxygen atoms in total. The number of esters is 1. The van der Waals surface area contributed by atoms with Gasteiger partial charge in [-0.2, -0.15) is 0 Å². The van der Waals surface area contributed by atoms with E-state index in [1.165, 1.54) is 18.2 Å². The summed E-state index contributed by atoms with van der Waals surface area (Å²) in [6.45, 7) is 12.2. The second kappa shape index (κ2) is 4.54. The molecule has 0 spiro atoms. The average molecular weight is 238 g/mol. The van der Waals surface area contributed by atoms with Gasteiger partial charge in [0.1, 0.15) is 5.60 Å². The zero-order valence-corrected chi connectivity index (χ0v) is 10.1. The van der Waals surface area contributed by atoms with Crippen LogP contribution in [0.1, 0.15) is 31.1 Å². The first-order valence-electron chi connectivity index (χ1n) is 4.74. The van der Waals surface area contributed by atoms with Gasteiger partial charge in [0.05, 0.1) is 12.1 Å². The molecule has 0 N–H and O–H groups in total. The van der Waals surface area contributed by atoms with Gasteiger partial charge >= 0.3 is 5.97 Å². The van der Waals surface area contributed by atoms with E-state index in [0.717, 1.165) is 0 Å². The maximum atomic E-state index is 11.7. The van der Waals surface area contributed by atoms with E-state index in [9.17, 15) is 4.79 Å². The van der Waals surface area contributed by atoms with Gasteiger partial charge in [-0.15, -0.1) is 0 Å². The van der Waals surface area contributed by atoms with E-state index < -0.39 is 11.6 Å². The highest BCUT2D eigenvalue weighted by Crippen LogP contribution is 2.24. The molecule has 0 amide bonds. The summed E-state index contributed by atoms with van der Waals surface area (Å²) in [6.07, 6.45) is 0. The smallest absolute Gasteiger partial charge is 0.340 e. The van der Waals surface area contributed by atoms with E-state index in [4.69, 9.17) is 22.9 Å². The minimum atomic E-state index is -0.557. The lowest BCUT2D eigenvalue weighted by molar-refractivity contribution is 0.00698. The number of rotatable bonds is 1. The molecule has 0 saturated carbocycles. The van der Waals surface area contributed by atoms with Gasteiger partial charge in [-0.3, -0.25) is 0 Å². The Bertz CT molecular complexity index is 455. The Morgan fingerprint density at radius 2 is 2.06 bits per heavy atom. The zero-order valence-electron chi connectivity index (χ0n) is 9.37. The zero-order chi connectivity index (χ0) is 12.3. The quantitative estimate of drug-likeness (QED) is 0.549. The number of carbonyl (C=O) groups is 1. The number of benzene rings is 1. The molecule has 0 bridgehead atoms. The van der Waals surface area contributed by atoms with E-state index in [0.29, 0.717) is 5.69 Å². The van der Waals surface area contributed by atoms with E-state index in [-0.39, 0.29) is 10.6 Å². The SMILES string of the molecule is [C-]#[N+]c1ccc(C(=O)OC(C)(C)C)c(Cl)c1. The lowest BCUT2D eigenvalue weighted by atomic mass is 10.1. The normalized spacial score (nSPS) is 10.7. The van der Waals surface area contributed by atoms with Crippen LogP contribution in [0.4, 0.5) is 5.69 Å². The van der Waals surface area contributed by atoms with Crippen LogP contribution in [-0.4, -0.2) is 11.6 Å². The highest BCUT2D eigenvalue weighted by atomic mass is 35.5. The van der Waals surface area contributed by atoms with Gasteiger partial charge in [0.25, 0.3) is 0 Å². The fourth-order valence-electron chi connectivity index (χ4n) is 1.07. The molecule has 4 heteroatoms. The fraction of sp³-hybridized carbons (Fsp3) is 0.333. The van der Waals surface area contributed by atoms with Crippen molar-refractivity contribution < 1.29 is 9.53 Å². The molecule has 0 unspecified atom stereocenters. The number of ether oxygens (including phenoxy) is 1. The van der Waals surface area contributed by atoms with Crippen molar-refractivity contribution in [2.45, 2.75) is 26.4 Å². The molecule has 0 aliphatic carbocycles. The Balaban J connectivity index is 2.98. The third-order valence-corrected chi connectivity index (χ3v) is 2.01. The Labute approximate surface area is 99.8 Å². The van der Waals surface area contributed by atoms with Crippen molar-refractivity contribution in [3.63, 3.8) is 0 Å². The molecule has 0 atom stereocenters. The molecule has 0 fully saturated rings. The Morgan fingerprint density at radius 1 is 1.44 bits per heavy atom. The maximum absolute atomic E-state index is 11.7. The van der Waals surface area contributed by atoms with Crippen LogP contribution in [0.25, 0.3) is 4.85 Å². The van der Waals surface area contributed by atoms with Crippen LogP contribution in [0, 0.1) is 6.57 Å². The molecule has 1 aromatic carbocycles. The predicted octanol–water partition coefficient (Wildman–Crippen LogP) is 3.85. The van der Waals surface area contributed by atoms with Crippen LogP contribution in [0.2, 0.25) is 5.02 Å². The Hall–Kier alpha value is -1.53. The molecular weight excluding hydrogens is 226 g/mol. The largest absolute Gasteiger partial charge is 0.456 e. The molecular formula is C12H12ClNO2. The van der Waals surface area contributed by atoms with Gasteiger partial charge < -0.3 is 4.74 Å². The lowest BCUT2D eigenvalue weighted by Gasteiger charge is -2.19. The van der Waals surface area contributed by atoms with E-state index in [1.54, 1.807) is 20.8 Å². The average Bonchev–Trinajstić information content (AvgIpc) is 2.14. The topological polar surface area (TPSA) is 30.7 Å². The van der Waals surface area contributed by atoms with E-state index in [1.807, 2.05) is 0 Å². The third kappa shape index (κ3) is 3.25. The molecule has 0 aliphatic rings. The summed E-state index contributed by atoms with van der Waals surface area (Å²) in [6, 6.07) is 4.50. The Morgan fingerprint density at radius 3 is 2.50 bits per heavy atom. The number of hydrogen-bond donors (Lipinski definition) is 0. The first kappa shape index (κ1) is 12.5. The van der Waals surface area contributed by atoms with Gasteiger partial charge in [-0.05, 0) is 26.8 Å². The van der Waals surface area contributed by atoms with Crippen molar-refractivity contribution in [2.75, 3.05) is 0 Å². The van der Waals surface area contributed by atoms with Crippen LogP contribution in [0.15, 0.2) is 18.2 Å². The summed E-state index contributed by atoms with van der Waals surface area (Å²) >= 11 is 5.89. The molecule has 0 saturated heterocycles. The van der Waals surface area contributed by atoms with E-state index in [2.05, 4.69) is 4.85 Å². The van der Waals surface area contributed by atoms with E-state index >= 15 is 0 Å². The van der Waals surface area contributed by atoms with Crippen LogP contribution in [-0.2, 0) is 4.74 Å². The second-order valence-corrected chi connectivity index (χ2v) is 4.69. The lowest BCUT2D eigenvalue weighted by Crippen LogP contribution is -2.24. The molecule has 1 rings (SSSR count). The number of halogens is 1. The van der Waals surface area contributed by atoms with Crippen molar-refractivity contribution >= 4 is 23.3 Å². The van der Waals surface area contributed by atoms with Crippen molar-refractivity contribution in [3.8, 4) is 0 Å². The summed E-state index contributed by atoms with van der Waals surface area (Å²) in [5, 5.41) is 0.239. The highest BCUT2D eigenvalue weighted by molar-refractivity contribution is 6.33. The standard InChI is InChI=1S/C12H12ClNO2/c1-12(2,3)16-11(15)9-6-5-8(14-4)7-10(9)13/h5-7H,1-3H3. The molecule has 84 valence electrons. The van der Waals surface area contributed by atoms with Crippen molar-refractivity contribution in [2.24, 2.45) is 0 Å². The molecule has 1 aromatic rings. The second-order valence-electron chi connectivity index (χ2n) is 4.28. The van der Waals surface area contributed by atoms with Crippen molar-refractivity contribution in [1.29, 1.82) is 0 Å². The summed E-state index contributed by atoms with van der Waals surface area (Å²) in [4.78, 5) is 14.9. The van der Waals surface area contributed by atoms with Gasteiger partial charge in [0.15, 0.2) is 5.69 Å². The van der Waals surface area contributed by atoms with Gasteiger partial charge in [-0.1, -0.05) is 23.7 Å².